The van der Waals surface area contributed by atoms with Crippen LogP contribution in [0.15, 0.2) is 27.4 Å². The van der Waals surface area contributed by atoms with Gasteiger partial charge in [-0.2, -0.15) is 0 Å². The van der Waals surface area contributed by atoms with Crippen molar-refractivity contribution >= 4 is 16.9 Å². The molecule has 0 radical (unpaired) electrons. The second-order valence-corrected chi connectivity index (χ2v) is 6.31. The van der Waals surface area contributed by atoms with Crippen LogP contribution in [0.3, 0.4) is 0 Å². The minimum Gasteiger partial charge on any atom is -0.497 e. The highest BCUT2D eigenvalue weighted by molar-refractivity contribution is 5.82. The molecular formula is C20H27NO5. The van der Waals surface area contributed by atoms with E-state index in [2.05, 4.69) is 6.92 Å². The summed E-state index contributed by atoms with van der Waals surface area (Å²) in [5.74, 6) is 0.569. The standard InChI is InChI=1S/C20H27NO5/c1-4-5-10-21(11-12-22)19(23)9-8-17-14(2)16-7-6-15(25-3)13-18(16)26-20(17)24/h6-7,13,22H,4-5,8-12H2,1-3H3. The van der Waals surface area contributed by atoms with Crippen LogP contribution < -0.4 is 10.4 Å². The first-order valence-electron chi connectivity index (χ1n) is 9.00. The molecule has 0 aliphatic rings. The lowest BCUT2D eigenvalue weighted by molar-refractivity contribution is -0.131. The Bertz CT molecular complexity index is 812. The SMILES string of the molecule is CCCCN(CCO)C(=O)CCc1c(C)c2ccc(OC)cc2oc1=O. The Morgan fingerprint density at radius 3 is 2.73 bits per heavy atom. The second-order valence-electron chi connectivity index (χ2n) is 6.31. The Morgan fingerprint density at radius 1 is 1.31 bits per heavy atom. The fraction of sp³-hybridized carbons (Fsp3) is 0.500. The van der Waals surface area contributed by atoms with Crippen molar-refractivity contribution in [2.24, 2.45) is 0 Å². The number of nitrogens with zero attached hydrogens (tertiary/aromatic N) is 1. The molecule has 1 N–H and O–H groups in total. The maximum atomic E-state index is 12.4. The number of aliphatic hydroxyl groups excluding tert-OH is 1. The molecule has 1 aromatic heterocycles. The van der Waals surface area contributed by atoms with E-state index in [1.165, 1.54) is 0 Å². The maximum absolute atomic E-state index is 12.4. The molecule has 1 amide bonds. The Morgan fingerprint density at radius 2 is 2.08 bits per heavy atom. The third-order valence-electron chi connectivity index (χ3n) is 4.59. The average molecular weight is 361 g/mol. The van der Waals surface area contributed by atoms with Crippen LogP contribution in [-0.2, 0) is 11.2 Å². The van der Waals surface area contributed by atoms with Gasteiger partial charge in [0.15, 0.2) is 0 Å². The van der Waals surface area contributed by atoms with Gasteiger partial charge in [0.1, 0.15) is 11.3 Å². The van der Waals surface area contributed by atoms with Crippen molar-refractivity contribution in [2.45, 2.75) is 39.5 Å². The van der Waals surface area contributed by atoms with Crippen molar-refractivity contribution in [3.63, 3.8) is 0 Å². The molecule has 1 aromatic carbocycles. The smallest absolute Gasteiger partial charge is 0.339 e. The lowest BCUT2D eigenvalue weighted by atomic mass is 10.0. The number of rotatable bonds is 9. The molecule has 0 fully saturated rings. The van der Waals surface area contributed by atoms with E-state index in [9.17, 15) is 9.59 Å². The van der Waals surface area contributed by atoms with Gasteiger partial charge in [-0.25, -0.2) is 4.79 Å². The Hall–Kier alpha value is -2.34. The van der Waals surface area contributed by atoms with E-state index >= 15 is 0 Å². The first-order valence-corrected chi connectivity index (χ1v) is 9.00. The van der Waals surface area contributed by atoms with E-state index < -0.39 is 5.63 Å². The van der Waals surface area contributed by atoms with Crippen molar-refractivity contribution < 1.29 is 19.1 Å². The van der Waals surface area contributed by atoms with Crippen LogP contribution in [0.25, 0.3) is 11.0 Å². The van der Waals surface area contributed by atoms with Gasteiger partial charge < -0.3 is 19.2 Å². The summed E-state index contributed by atoms with van der Waals surface area (Å²) in [5.41, 5.74) is 1.41. The number of aliphatic hydroxyl groups is 1. The van der Waals surface area contributed by atoms with Crippen LogP contribution in [-0.4, -0.2) is 42.7 Å². The summed E-state index contributed by atoms with van der Waals surface area (Å²) in [5, 5.41) is 9.99. The summed E-state index contributed by atoms with van der Waals surface area (Å²) >= 11 is 0. The van der Waals surface area contributed by atoms with Crippen LogP contribution in [0.2, 0.25) is 0 Å². The lowest BCUT2D eigenvalue weighted by Crippen LogP contribution is -2.34. The first kappa shape index (κ1) is 20.0. The molecule has 26 heavy (non-hydrogen) atoms. The molecule has 0 atom stereocenters. The molecule has 6 heteroatoms. The third-order valence-corrected chi connectivity index (χ3v) is 4.59. The highest BCUT2D eigenvalue weighted by atomic mass is 16.5. The average Bonchev–Trinajstić information content (AvgIpc) is 2.64. The number of aryl methyl sites for hydroxylation is 1. The zero-order valence-corrected chi connectivity index (χ0v) is 15.7. The van der Waals surface area contributed by atoms with Crippen LogP contribution in [0.4, 0.5) is 0 Å². The van der Waals surface area contributed by atoms with Crippen molar-refractivity contribution in [1.29, 1.82) is 0 Å². The summed E-state index contributed by atoms with van der Waals surface area (Å²) in [7, 11) is 1.56. The molecule has 2 aromatic rings. The van der Waals surface area contributed by atoms with Gasteiger partial charge in [0, 0.05) is 36.5 Å². The maximum Gasteiger partial charge on any atom is 0.339 e. The topological polar surface area (TPSA) is 80.0 Å². The zero-order chi connectivity index (χ0) is 19.1. The molecule has 0 saturated heterocycles. The van der Waals surface area contributed by atoms with Gasteiger partial charge in [-0.3, -0.25) is 4.79 Å². The third kappa shape index (κ3) is 4.64. The van der Waals surface area contributed by atoms with Crippen LogP contribution in [0.5, 0.6) is 5.75 Å². The number of unbranched alkanes of at least 4 members (excludes halogenated alkanes) is 1. The van der Waals surface area contributed by atoms with Crippen molar-refractivity contribution in [1.82, 2.24) is 4.90 Å². The summed E-state index contributed by atoms with van der Waals surface area (Å²) < 4.78 is 10.6. The Kier molecular flexibility index (Phi) is 7.21. The van der Waals surface area contributed by atoms with Gasteiger partial charge in [0.2, 0.25) is 5.91 Å². The van der Waals surface area contributed by atoms with Crippen LogP contribution in [0, 0.1) is 6.92 Å². The van der Waals surface area contributed by atoms with E-state index in [1.807, 2.05) is 19.1 Å². The molecule has 142 valence electrons. The van der Waals surface area contributed by atoms with E-state index in [4.69, 9.17) is 14.3 Å². The number of methoxy groups -OCH3 is 1. The van der Waals surface area contributed by atoms with Crippen molar-refractivity contribution in [2.75, 3.05) is 26.8 Å². The molecule has 0 saturated carbocycles. The fourth-order valence-electron chi connectivity index (χ4n) is 3.01. The van der Waals surface area contributed by atoms with Gasteiger partial charge in [-0.1, -0.05) is 13.3 Å². The second kappa shape index (κ2) is 9.38. The number of benzene rings is 1. The monoisotopic (exact) mass is 361 g/mol. The normalized spacial score (nSPS) is 10.9. The molecule has 2 rings (SSSR count). The minimum absolute atomic E-state index is 0.0545. The fourth-order valence-corrected chi connectivity index (χ4v) is 3.01. The van der Waals surface area contributed by atoms with E-state index in [0.29, 0.717) is 36.4 Å². The predicted octanol–water partition coefficient (Wildman–Crippen LogP) is 2.66. The van der Waals surface area contributed by atoms with Crippen LogP contribution >= 0.6 is 0 Å². The minimum atomic E-state index is -0.418. The Labute approximate surface area is 153 Å². The number of carbonyl (C=O) groups is 1. The Balaban J connectivity index is 2.19. The molecule has 0 bridgehead atoms. The zero-order valence-electron chi connectivity index (χ0n) is 15.7. The number of ether oxygens (including phenoxy) is 1. The number of carbonyl (C=O) groups excluding carboxylic acids is 1. The van der Waals surface area contributed by atoms with Gasteiger partial charge in [-0.15, -0.1) is 0 Å². The first-order chi connectivity index (χ1) is 12.5. The number of hydrogen-bond donors (Lipinski definition) is 1. The summed E-state index contributed by atoms with van der Waals surface area (Å²) in [6.45, 7) is 4.81. The number of hydrogen-bond acceptors (Lipinski definition) is 5. The quantitative estimate of drug-likeness (QED) is 0.695. The molecule has 0 unspecified atom stereocenters. The van der Waals surface area contributed by atoms with Crippen LogP contribution in [0.1, 0.15) is 37.3 Å². The molecule has 1 heterocycles. The summed E-state index contributed by atoms with van der Waals surface area (Å²) in [6.07, 6.45) is 2.41. The molecule has 6 nitrogen and oxygen atoms in total. The molecule has 0 spiro atoms. The van der Waals surface area contributed by atoms with Gasteiger partial charge in [0.25, 0.3) is 0 Å². The van der Waals surface area contributed by atoms with E-state index in [0.717, 1.165) is 23.8 Å². The predicted molar refractivity (Wildman–Crippen MR) is 101 cm³/mol. The van der Waals surface area contributed by atoms with Crippen molar-refractivity contribution in [3.05, 3.63) is 39.7 Å². The van der Waals surface area contributed by atoms with Crippen molar-refractivity contribution in [3.8, 4) is 5.75 Å². The van der Waals surface area contributed by atoms with E-state index in [-0.39, 0.29) is 18.9 Å². The molecule has 0 aliphatic heterocycles. The van der Waals surface area contributed by atoms with Gasteiger partial charge in [0.05, 0.1) is 13.7 Å². The highest BCUT2D eigenvalue weighted by Gasteiger charge is 2.16. The number of amides is 1. The molecule has 0 aliphatic carbocycles. The van der Waals surface area contributed by atoms with Gasteiger partial charge in [-0.05, 0) is 37.5 Å². The highest BCUT2D eigenvalue weighted by Crippen LogP contribution is 2.24. The molecular weight excluding hydrogens is 334 g/mol. The largest absolute Gasteiger partial charge is 0.497 e. The summed E-state index contributed by atoms with van der Waals surface area (Å²) in [6, 6.07) is 5.36. The van der Waals surface area contributed by atoms with Gasteiger partial charge >= 0.3 is 5.63 Å². The number of fused-ring (bicyclic) bond motifs is 1. The lowest BCUT2D eigenvalue weighted by Gasteiger charge is -2.21. The van der Waals surface area contributed by atoms with E-state index in [1.54, 1.807) is 18.1 Å². The summed E-state index contributed by atoms with van der Waals surface area (Å²) in [4.78, 5) is 26.5.